The minimum Gasteiger partial charge on any atom is -0.495 e. The monoisotopic (exact) mass is 615 g/mol. The number of amides is 2. The molecule has 1 fully saturated rings. The van der Waals surface area contributed by atoms with E-state index < -0.39 is 34.3 Å². The maximum absolute atomic E-state index is 14.7. The zero-order valence-corrected chi connectivity index (χ0v) is 25.2. The number of benzene rings is 3. The van der Waals surface area contributed by atoms with Crippen molar-refractivity contribution < 1.29 is 27.1 Å². The molecule has 1 N–H and O–H groups in total. The quantitative estimate of drug-likeness (QED) is 0.305. The van der Waals surface area contributed by atoms with Gasteiger partial charge in [0.05, 0.1) is 22.7 Å². The summed E-state index contributed by atoms with van der Waals surface area (Å²) in [6.45, 7) is 0.680. The number of carbonyl (C=O) groups is 2. The van der Waals surface area contributed by atoms with Crippen LogP contribution in [0.5, 0.6) is 5.75 Å². The van der Waals surface area contributed by atoms with Crippen LogP contribution in [-0.2, 0) is 26.2 Å². The standard InChI is InChI=1S/C31H35ClFN3O5S/c1-22(31(38)34-24-12-5-3-6-13-24)35(20-23-11-9-10-16-28(23)33)30(37)21-36(25-17-18-29(41-2)27(32)19-25)42(39,40)26-14-7-4-8-15-26/h4,7-11,14-19,22,24H,3,5-6,12-13,20-21H2,1-2H3,(H,34,38)/t22-/m1/s1. The molecule has 1 atom stereocenters. The molecule has 3 aromatic carbocycles. The molecule has 1 aliphatic carbocycles. The van der Waals surface area contributed by atoms with Gasteiger partial charge < -0.3 is 15.0 Å². The average molecular weight is 616 g/mol. The number of ether oxygens (including phenoxy) is 1. The average Bonchev–Trinajstić information content (AvgIpc) is 2.99. The number of sulfonamides is 1. The Morgan fingerprint density at radius 3 is 2.33 bits per heavy atom. The lowest BCUT2D eigenvalue weighted by Crippen LogP contribution is -2.53. The fraction of sp³-hybridized carbons (Fsp3) is 0.355. The van der Waals surface area contributed by atoms with Crippen LogP contribution in [0, 0.1) is 5.82 Å². The van der Waals surface area contributed by atoms with Crippen molar-refractivity contribution in [1.29, 1.82) is 0 Å². The van der Waals surface area contributed by atoms with Crippen LogP contribution >= 0.6 is 11.6 Å². The van der Waals surface area contributed by atoms with Crippen molar-refractivity contribution in [3.05, 3.63) is 89.2 Å². The van der Waals surface area contributed by atoms with Crippen molar-refractivity contribution >= 4 is 39.1 Å². The predicted molar refractivity (Wildman–Crippen MR) is 160 cm³/mol. The van der Waals surface area contributed by atoms with E-state index >= 15 is 0 Å². The number of halogens is 2. The summed E-state index contributed by atoms with van der Waals surface area (Å²) >= 11 is 6.34. The highest BCUT2D eigenvalue weighted by Gasteiger charge is 2.33. The van der Waals surface area contributed by atoms with Crippen LogP contribution < -0.4 is 14.4 Å². The summed E-state index contributed by atoms with van der Waals surface area (Å²) in [7, 11) is -2.82. The largest absolute Gasteiger partial charge is 0.495 e. The SMILES string of the molecule is COc1ccc(N(CC(=O)N(Cc2ccccc2F)[C@H](C)C(=O)NC2CCCCC2)S(=O)(=O)c2ccccc2)cc1Cl. The number of hydrogen-bond acceptors (Lipinski definition) is 5. The van der Waals surface area contributed by atoms with Crippen molar-refractivity contribution in [2.45, 2.75) is 62.6 Å². The highest BCUT2D eigenvalue weighted by atomic mass is 35.5. The maximum atomic E-state index is 14.7. The molecular formula is C31H35ClFN3O5S. The van der Waals surface area contributed by atoms with Crippen LogP contribution in [0.25, 0.3) is 0 Å². The van der Waals surface area contributed by atoms with E-state index in [1.807, 2.05) is 0 Å². The van der Waals surface area contributed by atoms with Crippen LogP contribution in [-0.4, -0.2) is 50.9 Å². The zero-order valence-electron chi connectivity index (χ0n) is 23.6. The Morgan fingerprint density at radius 2 is 1.69 bits per heavy atom. The lowest BCUT2D eigenvalue weighted by Gasteiger charge is -2.33. The zero-order chi connectivity index (χ0) is 30.3. The van der Waals surface area contributed by atoms with Gasteiger partial charge in [-0.05, 0) is 56.2 Å². The fourth-order valence-corrected chi connectivity index (χ4v) is 6.70. The molecule has 42 heavy (non-hydrogen) atoms. The molecule has 11 heteroatoms. The van der Waals surface area contributed by atoms with Crippen LogP contribution in [0.15, 0.2) is 77.7 Å². The normalized spacial score (nSPS) is 14.6. The van der Waals surface area contributed by atoms with E-state index in [1.54, 1.807) is 31.2 Å². The first-order valence-electron chi connectivity index (χ1n) is 13.9. The third kappa shape index (κ3) is 7.41. The molecule has 0 unspecified atom stereocenters. The number of nitrogens with one attached hydrogen (secondary N) is 1. The second-order valence-electron chi connectivity index (χ2n) is 10.3. The second kappa shape index (κ2) is 14.0. The van der Waals surface area contributed by atoms with E-state index in [2.05, 4.69) is 5.32 Å². The van der Waals surface area contributed by atoms with Crippen LogP contribution in [0.3, 0.4) is 0 Å². The molecule has 1 saturated carbocycles. The molecule has 8 nitrogen and oxygen atoms in total. The Morgan fingerprint density at radius 1 is 1.02 bits per heavy atom. The Kier molecular flexibility index (Phi) is 10.5. The summed E-state index contributed by atoms with van der Waals surface area (Å²) in [5, 5.41) is 3.18. The lowest BCUT2D eigenvalue weighted by atomic mass is 9.95. The van der Waals surface area contributed by atoms with Gasteiger partial charge in [0.2, 0.25) is 11.8 Å². The molecule has 3 aromatic rings. The molecule has 0 heterocycles. The Labute approximate surface area is 251 Å². The van der Waals surface area contributed by atoms with Gasteiger partial charge in [0.1, 0.15) is 24.2 Å². The van der Waals surface area contributed by atoms with Gasteiger partial charge in [0, 0.05) is 18.2 Å². The van der Waals surface area contributed by atoms with Gasteiger partial charge in [-0.2, -0.15) is 0 Å². The first kappa shape index (κ1) is 31.3. The van der Waals surface area contributed by atoms with Gasteiger partial charge in [-0.3, -0.25) is 13.9 Å². The third-order valence-corrected chi connectivity index (χ3v) is 9.53. The number of rotatable bonds is 11. The highest BCUT2D eigenvalue weighted by Crippen LogP contribution is 2.32. The van der Waals surface area contributed by atoms with E-state index in [0.29, 0.717) is 5.75 Å². The number of nitrogens with zero attached hydrogens (tertiary/aromatic N) is 2. The molecule has 2 amide bonds. The summed E-state index contributed by atoms with van der Waals surface area (Å²) in [5.74, 6) is -1.27. The van der Waals surface area contributed by atoms with Gasteiger partial charge in [-0.25, -0.2) is 12.8 Å². The molecule has 0 spiro atoms. The minimum atomic E-state index is -4.26. The number of methoxy groups -OCH3 is 1. The highest BCUT2D eigenvalue weighted by molar-refractivity contribution is 7.92. The van der Waals surface area contributed by atoms with Crippen molar-refractivity contribution in [2.24, 2.45) is 0 Å². The second-order valence-corrected chi connectivity index (χ2v) is 12.5. The van der Waals surface area contributed by atoms with Gasteiger partial charge >= 0.3 is 0 Å². The van der Waals surface area contributed by atoms with Crippen molar-refractivity contribution in [2.75, 3.05) is 18.0 Å². The Hall–Kier alpha value is -3.63. The minimum absolute atomic E-state index is 0.00416. The molecule has 0 aromatic heterocycles. The van der Waals surface area contributed by atoms with Gasteiger partial charge in [-0.1, -0.05) is 67.3 Å². The third-order valence-electron chi connectivity index (χ3n) is 7.45. The molecule has 1 aliphatic rings. The van der Waals surface area contributed by atoms with E-state index in [4.69, 9.17) is 16.3 Å². The smallest absolute Gasteiger partial charge is 0.264 e. The Balaban J connectivity index is 1.70. The summed E-state index contributed by atoms with van der Waals surface area (Å²) in [4.78, 5) is 28.6. The van der Waals surface area contributed by atoms with Gasteiger partial charge in [0.25, 0.3) is 10.0 Å². The summed E-state index contributed by atoms with van der Waals surface area (Å²) in [6, 6.07) is 17.1. The predicted octanol–water partition coefficient (Wildman–Crippen LogP) is 5.55. The van der Waals surface area contributed by atoms with Gasteiger partial charge in [-0.15, -0.1) is 0 Å². The van der Waals surface area contributed by atoms with Crippen molar-refractivity contribution in [3.8, 4) is 5.75 Å². The van der Waals surface area contributed by atoms with Crippen LogP contribution in [0.4, 0.5) is 10.1 Å². The summed E-state index contributed by atoms with van der Waals surface area (Å²) < 4.78 is 48.6. The molecule has 4 rings (SSSR count). The fourth-order valence-electron chi connectivity index (χ4n) is 5.02. The number of anilines is 1. The number of carbonyl (C=O) groups excluding carboxylic acids is 2. The molecular weight excluding hydrogens is 581 g/mol. The number of hydrogen-bond donors (Lipinski definition) is 1. The van der Waals surface area contributed by atoms with E-state index in [-0.39, 0.29) is 39.7 Å². The topological polar surface area (TPSA) is 96.0 Å². The molecule has 0 saturated heterocycles. The van der Waals surface area contributed by atoms with Gasteiger partial charge in [0.15, 0.2) is 0 Å². The molecule has 0 bridgehead atoms. The van der Waals surface area contributed by atoms with E-state index in [1.165, 1.54) is 60.5 Å². The summed E-state index contributed by atoms with van der Waals surface area (Å²) in [5.41, 5.74) is 0.330. The van der Waals surface area contributed by atoms with Crippen molar-refractivity contribution in [3.63, 3.8) is 0 Å². The van der Waals surface area contributed by atoms with E-state index in [0.717, 1.165) is 36.4 Å². The Bertz CT molecular complexity index is 1500. The molecule has 224 valence electrons. The molecule has 0 aliphatic heterocycles. The van der Waals surface area contributed by atoms with Crippen LogP contribution in [0.2, 0.25) is 5.02 Å². The molecule has 0 radical (unpaired) electrons. The van der Waals surface area contributed by atoms with Crippen LogP contribution in [0.1, 0.15) is 44.6 Å². The maximum Gasteiger partial charge on any atom is 0.264 e. The lowest BCUT2D eigenvalue weighted by molar-refractivity contribution is -0.139. The van der Waals surface area contributed by atoms with E-state index in [9.17, 15) is 22.4 Å². The first-order chi connectivity index (χ1) is 20.1. The van der Waals surface area contributed by atoms with Crippen molar-refractivity contribution in [1.82, 2.24) is 10.2 Å². The first-order valence-corrected chi connectivity index (χ1v) is 15.7. The summed E-state index contributed by atoms with van der Waals surface area (Å²) in [6.07, 6.45) is 4.82.